The van der Waals surface area contributed by atoms with E-state index in [0.29, 0.717) is 25.6 Å². The lowest BCUT2D eigenvalue weighted by atomic mass is 9.92. The molecular formula is C18H26O4. The Morgan fingerprint density at radius 3 is 2.64 bits per heavy atom. The number of fused-ring (bicyclic) bond motifs is 2. The molecular weight excluding hydrogens is 280 g/mol. The first-order valence-electron chi connectivity index (χ1n) is 8.10. The van der Waals surface area contributed by atoms with Crippen LogP contribution in [0.4, 0.5) is 0 Å². The van der Waals surface area contributed by atoms with Gasteiger partial charge in [-0.2, -0.15) is 0 Å². The third kappa shape index (κ3) is 2.74. The highest BCUT2D eigenvalue weighted by Crippen LogP contribution is 2.51. The van der Waals surface area contributed by atoms with Crippen molar-refractivity contribution in [3.8, 4) is 0 Å². The zero-order valence-electron chi connectivity index (χ0n) is 13.8. The molecule has 2 fully saturated rings. The van der Waals surface area contributed by atoms with Crippen LogP contribution in [-0.4, -0.2) is 32.1 Å². The number of methoxy groups -OCH3 is 1. The Hall–Kier alpha value is -1.13. The minimum absolute atomic E-state index is 0.0416. The molecule has 22 heavy (non-hydrogen) atoms. The Kier molecular flexibility index (Phi) is 3.94. The van der Waals surface area contributed by atoms with Gasteiger partial charge in [0.1, 0.15) is 0 Å². The van der Waals surface area contributed by atoms with Crippen molar-refractivity contribution in [1.29, 1.82) is 0 Å². The summed E-state index contributed by atoms with van der Waals surface area (Å²) in [7, 11) is 1.44. The summed E-state index contributed by atoms with van der Waals surface area (Å²) in [6, 6.07) is 0. The van der Waals surface area contributed by atoms with Crippen LogP contribution >= 0.6 is 0 Å². The fourth-order valence-corrected chi connectivity index (χ4v) is 3.79. The molecule has 0 aromatic rings. The summed E-state index contributed by atoms with van der Waals surface area (Å²) in [6.45, 7) is 9.79. The molecule has 0 bridgehead atoms. The molecule has 0 amide bonds. The van der Waals surface area contributed by atoms with Gasteiger partial charge in [0.25, 0.3) is 0 Å². The van der Waals surface area contributed by atoms with Gasteiger partial charge in [-0.3, -0.25) is 4.79 Å². The van der Waals surface area contributed by atoms with E-state index in [0.717, 1.165) is 30.4 Å². The molecule has 1 spiro atoms. The summed E-state index contributed by atoms with van der Waals surface area (Å²) in [5.41, 5.74) is 2.29. The van der Waals surface area contributed by atoms with Crippen molar-refractivity contribution in [2.24, 2.45) is 17.3 Å². The molecule has 2 aliphatic carbocycles. The first kappa shape index (κ1) is 15.8. The number of carbonyl (C=O) groups excluding carboxylic acids is 1. The standard InChI is InChI=1S/C18H26O4/c1-12-7-13-5-6-18(21-10-17(2,3)11-22-18)15(13)9-14(8-12)16(19)20-4/h9,13-14H,1,5-8,10-11H2,2-4H3. The topological polar surface area (TPSA) is 44.8 Å². The second-order valence-corrected chi connectivity index (χ2v) is 7.64. The second kappa shape index (κ2) is 5.50. The van der Waals surface area contributed by atoms with Crippen LogP contribution in [0.25, 0.3) is 0 Å². The van der Waals surface area contributed by atoms with Gasteiger partial charge in [-0.1, -0.05) is 32.1 Å². The monoisotopic (exact) mass is 306 g/mol. The molecule has 2 atom stereocenters. The van der Waals surface area contributed by atoms with Crippen LogP contribution in [0.2, 0.25) is 0 Å². The van der Waals surface area contributed by atoms with Gasteiger partial charge in [0, 0.05) is 11.8 Å². The number of carbonyl (C=O) groups is 1. The Balaban J connectivity index is 1.91. The van der Waals surface area contributed by atoms with E-state index >= 15 is 0 Å². The molecule has 0 aromatic heterocycles. The third-order valence-electron chi connectivity index (χ3n) is 5.02. The van der Waals surface area contributed by atoms with E-state index in [2.05, 4.69) is 20.4 Å². The van der Waals surface area contributed by atoms with E-state index in [1.165, 1.54) is 7.11 Å². The molecule has 0 N–H and O–H groups in total. The quantitative estimate of drug-likeness (QED) is 0.551. The number of ether oxygens (including phenoxy) is 3. The van der Waals surface area contributed by atoms with Gasteiger partial charge in [0.05, 0.1) is 26.2 Å². The molecule has 0 radical (unpaired) electrons. The largest absolute Gasteiger partial charge is 0.469 e. The number of rotatable bonds is 1. The van der Waals surface area contributed by atoms with Crippen LogP contribution in [-0.2, 0) is 19.0 Å². The molecule has 3 rings (SSSR count). The van der Waals surface area contributed by atoms with Gasteiger partial charge in [0.15, 0.2) is 5.79 Å². The summed E-state index contributed by atoms with van der Waals surface area (Å²) in [4.78, 5) is 12.0. The summed E-state index contributed by atoms with van der Waals surface area (Å²) in [6.07, 6.45) is 5.51. The fourth-order valence-electron chi connectivity index (χ4n) is 3.79. The van der Waals surface area contributed by atoms with Crippen LogP contribution < -0.4 is 0 Å². The SMILES string of the molecule is C=C1CC(C(=O)OC)C=C2C(CCC23OCC(C)(C)CO3)C1. The third-order valence-corrected chi connectivity index (χ3v) is 5.02. The lowest BCUT2D eigenvalue weighted by Crippen LogP contribution is -2.47. The summed E-state index contributed by atoms with van der Waals surface area (Å²) in [5.74, 6) is -0.720. The van der Waals surface area contributed by atoms with E-state index < -0.39 is 5.79 Å². The molecule has 1 heterocycles. The van der Waals surface area contributed by atoms with Crippen LogP contribution in [0.3, 0.4) is 0 Å². The predicted molar refractivity (Wildman–Crippen MR) is 83.1 cm³/mol. The summed E-state index contributed by atoms with van der Waals surface area (Å²) >= 11 is 0. The highest BCUT2D eigenvalue weighted by molar-refractivity contribution is 5.75. The highest BCUT2D eigenvalue weighted by Gasteiger charge is 2.51. The van der Waals surface area contributed by atoms with Crippen molar-refractivity contribution in [3.05, 3.63) is 23.8 Å². The van der Waals surface area contributed by atoms with Crippen LogP contribution in [0.15, 0.2) is 23.8 Å². The van der Waals surface area contributed by atoms with Gasteiger partial charge < -0.3 is 14.2 Å². The van der Waals surface area contributed by atoms with E-state index in [1.54, 1.807) is 0 Å². The Labute approximate surface area is 132 Å². The Bertz CT molecular complexity index is 507. The normalized spacial score (nSPS) is 33.0. The molecule has 0 aromatic carbocycles. The minimum atomic E-state index is -0.628. The van der Waals surface area contributed by atoms with Crippen molar-refractivity contribution in [2.75, 3.05) is 20.3 Å². The van der Waals surface area contributed by atoms with Crippen molar-refractivity contribution >= 4 is 5.97 Å². The first-order chi connectivity index (χ1) is 10.4. The van der Waals surface area contributed by atoms with Gasteiger partial charge in [-0.15, -0.1) is 0 Å². The molecule has 3 aliphatic rings. The lowest BCUT2D eigenvalue weighted by molar-refractivity contribution is -0.274. The van der Waals surface area contributed by atoms with Crippen LogP contribution in [0.1, 0.15) is 39.5 Å². The van der Waals surface area contributed by atoms with E-state index in [-0.39, 0.29) is 17.3 Å². The smallest absolute Gasteiger partial charge is 0.312 e. The Morgan fingerprint density at radius 2 is 2.00 bits per heavy atom. The molecule has 4 nitrogen and oxygen atoms in total. The number of esters is 1. The average Bonchev–Trinajstić information content (AvgIpc) is 2.68. The van der Waals surface area contributed by atoms with Crippen LogP contribution in [0, 0.1) is 17.3 Å². The Morgan fingerprint density at radius 1 is 1.32 bits per heavy atom. The molecule has 4 heteroatoms. The van der Waals surface area contributed by atoms with Gasteiger partial charge in [-0.05, 0) is 30.8 Å². The van der Waals surface area contributed by atoms with Crippen molar-refractivity contribution < 1.29 is 19.0 Å². The average molecular weight is 306 g/mol. The fraction of sp³-hybridized carbons (Fsp3) is 0.722. The molecule has 1 saturated heterocycles. The zero-order valence-corrected chi connectivity index (χ0v) is 13.8. The predicted octanol–water partition coefficient (Wildman–Crippen LogP) is 3.23. The first-order valence-corrected chi connectivity index (χ1v) is 8.10. The minimum Gasteiger partial charge on any atom is -0.469 e. The van der Waals surface area contributed by atoms with E-state index in [9.17, 15) is 4.79 Å². The second-order valence-electron chi connectivity index (χ2n) is 7.64. The molecule has 1 saturated carbocycles. The summed E-state index contributed by atoms with van der Waals surface area (Å²) in [5, 5.41) is 0. The lowest BCUT2D eigenvalue weighted by Gasteiger charge is -2.42. The van der Waals surface area contributed by atoms with Crippen molar-refractivity contribution in [2.45, 2.75) is 45.3 Å². The number of hydrogen-bond acceptors (Lipinski definition) is 4. The van der Waals surface area contributed by atoms with Crippen molar-refractivity contribution in [3.63, 3.8) is 0 Å². The van der Waals surface area contributed by atoms with E-state index in [4.69, 9.17) is 14.2 Å². The van der Waals surface area contributed by atoms with Crippen molar-refractivity contribution in [1.82, 2.24) is 0 Å². The maximum atomic E-state index is 12.0. The van der Waals surface area contributed by atoms with Gasteiger partial charge >= 0.3 is 5.97 Å². The summed E-state index contributed by atoms with van der Waals surface area (Å²) < 4.78 is 17.3. The van der Waals surface area contributed by atoms with Gasteiger partial charge in [0.2, 0.25) is 0 Å². The van der Waals surface area contributed by atoms with E-state index in [1.807, 2.05) is 6.08 Å². The van der Waals surface area contributed by atoms with Gasteiger partial charge in [-0.25, -0.2) is 0 Å². The van der Waals surface area contributed by atoms with Crippen LogP contribution in [0.5, 0.6) is 0 Å². The number of hydrogen-bond donors (Lipinski definition) is 0. The molecule has 1 aliphatic heterocycles. The maximum Gasteiger partial charge on any atom is 0.312 e. The number of allylic oxidation sites excluding steroid dienone is 1. The maximum absolute atomic E-state index is 12.0. The molecule has 2 unspecified atom stereocenters. The zero-order chi connectivity index (χ0) is 16.0. The highest BCUT2D eigenvalue weighted by atomic mass is 16.7. The molecule has 122 valence electrons.